The molecule has 0 bridgehead atoms. The van der Waals surface area contributed by atoms with Gasteiger partial charge in [-0.1, -0.05) is 41.5 Å². The normalized spacial score (nSPS) is 11.9. The summed E-state index contributed by atoms with van der Waals surface area (Å²) in [4.78, 5) is 47.3. The van der Waals surface area contributed by atoms with Gasteiger partial charge >= 0.3 is 23.6 Å². The maximum atomic E-state index is 11.5. The van der Waals surface area contributed by atoms with Crippen LogP contribution in [0.15, 0.2) is 12.1 Å². The molecule has 0 spiro atoms. The minimum absolute atomic E-state index is 0.0307. The molecule has 1 rings (SSSR count). The molecule has 0 saturated heterocycles. The van der Waals surface area contributed by atoms with Gasteiger partial charge < -0.3 is 34.6 Å². The van der Waals surface area contributed by atoms with Crippen molar-refractivity contribution in [3.05, 3.63) is 32.4 Å². The maximum Gasteiger partial charge on any atom is 0.438 e. The monoisotopic (exact) mass is 546 g/mol. The maximum absolute atomic E-state index is 11.5. The van der Waals surface area contributed by atoms with Crippen molar-refractivity contribution in [1.29, 1.82) is 0 Å². The van der Waals surface area contributed by atoms with Crippen molar-refractivity contribution in [3.8, 4) is 11.5 Å². The number of carbonyl (C=O) groups is 2. The van der Waals surface area contributed by atoms with E-state index >= 15 is 0 Å². The number of hydroxylamine groups is 1. The van der Waals surface area contributed by atoms with Gasteiger partial charge in [-0.2, -0.15) is 5.48 Å². The van der Waals surface area contributed by atoms with E-state index in [0.717, 1.165) is 6.07 Å². The van der Waals surface area contributed by atoms with Gasteiger partial charge in [0.1, 0.15) is 6.61 Å². The molecule has 16 heteroatoms. The lowest BCUT2D eigenvalue weighted by atomic mass is 9.60. The van der Waals surface area contributed by atoms with Crippen LogP contribution < -0.4 is 20.4 Å². The lowest BCUT2D eigenvalue weighted by molar-refractivity contribution is -0.422. The molecule has 0 aliphatic heterocycles. The molecular formula is C22H34N4O12. The number of nitrogens with one attached hydrogen (secondary N) is 2. The van der Waals surface area contributed by atoms with Gasteiger partial charge in [0, 0.05) is 0 Å². The van der Waals surface area contributed by atoms with Crippen molar-refractivity contribution in [2.75, 3.05) is 33.0 Å². The second kappa shape index (κ2) is 13.0. The molecule has 0 aliphatic rings. The van der Waals surface area contributed by atoms with Gasteiger partial charge in [-0.3, -0.25) is 20.2 Å². The number of hydrogen-bond acceptors (Lipinski definition) is 10. The summed E-state index contributed by atoms with van der Waals surface area (Å²) in [7, 11) is 0. The van der Waals surface area contributed by atoms with Crippen LogP contribution in [0.1, 0.15) is 41.5 Å². The van der Waals surface area contributed by atoms with Gasteiger partial charge in [-0.15, -0.1) is 0 Å². The molecule has 2 amide bonds. The van der Waals surface area contributed by atoms with Gasteiger partial charge in [0.05, 0.1) is 53.9 Å². The van der Waals surface area contributed by atoms with Crippen LogP contribution in [0.4, 0.5) is 21.0 Å². The molecule has 38 heavy (non-hydrogen) atoms. The zero-order valence-corrected chi connectivity index (χ0v) is 22.1. The first kappa shape index (κ1) is 32.1. The molecule has 4 N–H and O–H groups in total. The molecule has 0 atom stereocenters. The van der Waals surface area contributed by atoms with Gasteiger partial charge in [0.25, 0.3) is 0 Å². The highest BCUT2D eigenvalue weighted by Gasteiger charge is 2.52. The predicted octanol–water partition coefficient (Wildman–Crippen LogP) is 3.58. The number of ether oxygens (including phenoxy) is 3. The minimum atomic E-state index is -1.61. The SMILES string of the molecule is CC(C)(C)C(COCCOCCOc1cc([N+](=O)[O-])c([N+](=O)[O-])cc1ONC(=O)O)(NC(=O)O)C(C)(C)C. The Balaban J connectivity index is 2.76. The van der Waals surface area contributed by atoms with E-state index < -0.39 is 55.5 Å². The van der Waals surface area contributed by atoms with Crippen molar-refractivity contribution in [3.63, 3.8) is 0 Å². The summed E-state index contributed by atoms with van der Waals surface area (Å²) >= 11 is 0. The second-order valence-electron chi connectivity index (χ2n) is 10.2. The Hall–Kier alpha value is -3.92. The first-order valence-corrected chi connectivity index (χ1v) is 11.3. The van der Waals surface area contributed by atoms with E-state index in [9.17, 15) is 34.9 Å². The number of carboxylic acid groups (broad SMARTS) is 2. The first-order chi connectivity index (χ1) is 17.4. The standard InChI is InChI=1S/C22H34N4O12/c1-20(2,3)22(21(4,5)6,23-18(27)28)13-36-8-7-35-9-10-37-16-11-14(25(31)32)15(26(33)34)12-17(16)38-24-19(29)30/h11-12,23-24H,7-10,13H2,1-6H3,(H,27,28)(H,29,30). The Morgan fingerprint density at radius 3 is 1.74 bits per heavy atom. The number of hydrogen-bond donors (Lipinski definition) is 4. The van der Waals surface area contributed by atoms with E-state index in [-0.39, 0.29) is 38.8 Å². The number of nitro groups is 2. The molecule has 0 aliphatic carbocycles. The summed E-state index contributed by atoms with van der Waals surface area (Å²) in [6.45, 7) is 11.6. The second-order valence-corrected chi connectivity index (χ2v) is 10.2. The van der Waals surface area contributed by atoms with Crippen molar-refractivity contribution in [2.45, 2.75) is 47.1 Å². The third kappa shape index (κ3) is 8.58. The van der Waals surface area contributed by atoms with Crippen LogP contribution in [0.3, 0.4) is 0 Å². The Morgan fingerprint density at radius 2 is 1.29 bits per heavy atom. The highest BCUT2D eigenvalue weighted by molar-refractivity contribution is 5.66. The predicted molar refractivity (Wildman–Crippen MR) is 131 cm³/mol. The zero-order chi connectivity index (χ0) is 29.3. The van der Waals surface area contributed by atoms with Crippen LogP contribution in [-0.2, 0) is 9.47 Å². The summed E-state index contributed by atoms with van der Waals surface area (Å²) in [6.07, 6.45) is -2.78. The van der Waals surface area contributed by atoms with Crippen LogP contribution in [-0.4, -0.2) is 70.8 Å². The van der Waals surface area contributed by atoms with Crippen molar-refractivity contribution >= 4 is 23.6 Å². The van der Waals surface area contributed by atoms with E-state index in [1.54, 1.807) is 5.48 Å². The number of benzene rings is 1. The van der Waals surface area contributed by atoms with E-state index in [2.05, 4.69) is 5.32 Å². The molecule has 0 saturated carbocycles. The van der Waals surface area contributed by atoms with Crippen molar-refractivity contribution in [2.24, 2.45) is 10.8 Å². The Labute approximate surface area is 218 Å². The number of nitro benzene ring substituents is 2. The first-order valence-electron chi connectivity index (χ1n) is 11.3. The Bertz CT molecular complexity index is 1000. The highest BCUT2D eigenvalue weighted by Crippen LogP contribution is 2.44. The summed E-state index contributed by atoms with van der Waals surface area (Å²) in [5.74, 6) is -0.782. The largest absolute Gasteiger partial charge is 0.487 e. The molecule has 1 aromatic carbocycles. The van der Waals surface area contributed by atoms with Gasteiger partial charge in [0.2, 0.25) is 5.75 Å². The van der Waals surface area contributed by atoms with E-state index in [4.69, 9.17) is 24.2 Å². The third-order valence-electron chi connectivity index (χ3n) is 5.74. The molecule has 214 valence electrons. The average Bonchev–Trinajstić information content (AvgIpc) is 2.76. The molecule has 0 fully saturated rings. The summed E-state index contributed by atoms with van der Waals surface area (Å²) in [6, 6.07) is 1.41. The fraction of sp³-hybridized carbons (Fsp3) is 0.636. The molecule has 1 aromatic rings. The lowest BCUT2D eigenvalue weighted by Gasteiger charge is -2.53. The highest BCUT2D eigenvalue weighted by atomic mass is 16.7. The molecule has 16 nitrogen and oxygen atoms in total. The van der Waals surface area contributed by atoms with Crippen molar-refractivity contribution in [1.82, 2.24) is 10.8 Å². The minimum Gasteiger partial charge on any atom is -0.487 e. The van der Waals surface area contributed by atoms with E-state index in [1.165, 1.54) is 0 Å². The Kier molecular flexibility index (Phi) is 11.0. The smallest absolute Gasteiger partial charge is 0.438 e. The summed E-state index contributed by atoms with van der Waals surface area (Å²) in [5, 5.41) is 43.1. The topological polar surface area (TPSA) is 222 Å². The van der Waals surface area contributed by atoms with Crippen LogP contribution >= 0.6 is 0 Å². The lowest BCUT2D eigenvalue weighted by Crippen LogP contribution is -2.67. The number of amides is 2. The molecular weight excluding hydrogens is 512 g/mol. The summed E-state index contributed by atoms with van der Waals surface area (Å²) in [5.41, 5.74) is -2.14. The zero-order valence-electron chi connectivity index (χ0n) is 22.1. The molecule has 0 unspecified atom stereocenters. The average molecular weight is 547 g/mol. The quantitative estimate of drug-likeness (QED) is 0.149. The molecule has 0 aromatic heterocycles. The number of rotatable bonds is 14. The van der Waals surface area contributed by atoms with E-state index in [0.29, 0.717) is 6.07 Å². The van der Waals surface area contributed by atoms with E-state index in [1.807, 2.05) is 41.5 Å². The fourth-order valence-electron chi connectivity index (χ4n) is 3.93. The van der Waals surface area contributed by atoms with Crippen LogP contribution in [0.5, 0.6) is 11.5 Å². The molecule has 0 heterocycles. The summed E-state index contributed by atoms with van der Waals surface area (Å²) < 4.78 is 16.5. The van der Waals surface area contributed by atoms with Crippen molar-refractivity contribution < 1.29 is 48.7 Å². The van der Waals surface area contributed by atoms with Crippen LogP contribution in [0.2, 0.25) is 0 Å². The van der Waals surface area contributed by atoms with Crippen LogP contribution in [0, 0.1) is 31.1 Å². The van der Waals surface area contributed by atoms with Gasteiger partial charge in [-0.25, -0.2) is 9.59 Å². The van der Waals surface area contributed by atoms with Gasteiger partial charge in [-0.05, 0) is 10.8 Å². The van der Waals surface area contributed by atoms with Gasteiger partial charge in [0.15, 0.2) is 5.75 Å². The third-order valence-corrected chi connectivity index (χ3v) is 5.74. The number of nitrogens with zero attached hydrogens (tertiary/aromatic N) is 2. The Morgan fingerprint density at radius 1 is 0.816 bits per heavy atom. The van der Waals surface area contributed by atoms with Crippen LogP contribution in [0.25, 0.3) is 0 Å². The fourth-order valence-corrected chi connectivity index (χ4v) is 3.93. The molecule has 0 radical (unpaired) electrons.